The first-order chi connectivity index (χ1) is 13.0. The largest absolute Gasteiger partial charge is 0.354 e. The molecule has 0 unspecified atom stereocenters. The fourth-order valence-electron chi connectivity index (χ4n) is 2.98. The zero-order valence-electron chi connectivity index (χ0n) is 14.8. The molecule has 1 heterocycles. The van der Waals surface area contributed by atoms with Crippen molar-refractivity contribution in [3.8, 4) is 0 Å². The highest BCUT2D eigenvalue weighted by molar-refractivity contribution is 7.99. The van der Waals surface area contributed by atoms with Crippen molar-refractivity contribution in [1.82, 2.24) is 10.2 Å². The van der Waals surface area contributed by atoms with E-state index in [1.165, 1.54) is 23.9 Å². The number of nitrogens with one attached hydrogen (secondary N) is 1. The maximum atomic E-state index is 13.3. The third-order valence-corrected chi connectivity index (χ3v) is 6.00. The van der Waals surface area contributed by atoms with E-state index in [-0.39, 0.29) is 23.0 Å². The molecule has 0 radical (unpaired) electrons. The van der Waals surface area contributed by atoms with E-state index in [0.717, 1.165) is 12.0 Å². The van der Waals surface area contributed by atoms with Crippen molar-refractivity contribution in [2.75, 3.05) is 12.3 Å². The van der Waals surface area contributed by atoms with Crippen LogP contribution in [0.4, 0.5) is 4.39 Å². The lowest BCUT2D eigenvalue weighted by atomic mass is 10.1. The molecule has 3 rings (SSSR count). The molecule has 7 heteroatoms. The van der Waals surface area contributed by atoms with Crippen LogP contribution in [0.15, 0.2) is 48.5 Å². The molecule has 0 saturated carbocycles. The molecule has 142 valence electrons. The van der Waals surface area contributed by atoms with Gasteiger partial charge in [0.2, 0.25) is 5.91 Å². The maximum absolute atomic E-state index is 13.3. The summed E-state index contributed by atoms with van der Waals surface area (Å²) in [6.45, 7) is 2.52. The van der Waals surface area contributed by atoms with Crippen molar-refractivity contribution in [2.24, 2.45) is 0 Å². The van der Waals surface area contributed by atoms with Gasteiger partial charge in [-0.15, -0.1) is 11.8 Å². The lowest BCUT2D eigenvalue weighted by Crippen LogP contribution is -2.48. The van der Waals surface area contributed by atoms with Gasteiger partial charge in [0.1, 0.15) is 17.2 Å². The Bertz CT molecular complexity index is 831. The number of hydrogen-bond acceptors (Lipinski definition) is 3. The van der Waals surface area contributed by atoms with Crippen LogP contribution in [0.25, 0.3) is 0 Å². The Kier molecular flexibility index (Phi) is 6.39. The molecule has 1 aliphatic heterocycles. The number of hydrogen-bond donors (Lipinski definition) is 1. The Labute approximate surface area is 167 Å². The summed E-state index contributed by atoms with van der Waals surface area (Å²) in [5.41, 5.74) is 1.12. The van der Waals surface area contributed by atoms with Gasteiger partial charge < -0.3 is 10.2 Å². The summed E-state index contributed by atoms with van der Waals surface area (Å²) in [6, 6.07) is 12.2. The first kappa shape index (κ1) is 19.7. The van der Waals surface area contributed by atoms with Crippen LogP contribution < -0.4 is 5.32 Å². The van der Waals surface area contributed by atoms with Crippen LogP contribution in [0, 0.1) is 5.82 Å². The minimum atomic E-state index is -0.611. The van der Waals surface area contributed by atoms with E-state index in [1.54, 1.807) is 41.3 Å². The molecule has 0 bridgehead atoms. The predicted octanol–water partition coefficient (Wildman–Crippen LogP) is 4.26. The van der Waals surface area contributed by atoms with Crippen molar-refractivity contribution < 1.29 is 14.0 Å². The molecule has 1 saturated heterocycles. The van der Waals surface area contributed by atoms with Crippen LogP contribution in [0.2, 0.25) is 5.02 Å². The Morgan fingerprint density at radius 1 is 1.22 bits per heavy atom. The quantitative estimate of drug-likeness (QED) is 0.807. The second-order valence-corrected chi connectivity index (χ2v) is 7.76. The Hall–Kier alpha value is -2.05. The van der Waals surface area contributed by atoms with Crippen molar-refractivity contribution in [2.45, 2.75) is 24.8 Å². The highest BCUT2D eigenvalue weighted by atomic mass is 35.5. The molecule has 0 aromatic heterocycles. The summed E-state index contributed by atoms with van der Waals surface area (Å²) in [4.78, 5) is 27.5. The smallest absolute Gasteiger partial charge is 0.257 e. The average molecular weight is 407 g/mol. The van der Waals surface area contributed by atoms with Gasteiger partial charge in [-0.2, -0.15) is 0 Å². The van der Waals surface area contributed by atoms with Gasteiger partial charge in [-0.1, -0.05) is 42.8 Å². The number of carbonyl (C=O) groups excluding carboxylic acids is 2. The van der Waals surface area contributed by atoms with E-state index < -0.39 is 6.04 Å². The highest BCUT2D eigenvalue weighted by Gasteiger charge is 2.42. The molecule has 1 N–H and O–H groups in total. The van der Waals surface area contributed by atoms with Gasteiger partial charge >= 0.3 is 0 Å². The summed E-state index contributed by atoms with van der Waals surface area (Å²) in [6.07, 6.45) is 0.811. The lowest BCUT2D eigenvalue weighted by Gasteiger charge is -2.29. The predicted molar refractivity (Wildman–Crippen MR) is 106 cm³/mol. The first-order valence-corrected chi connectivity index (χ1v) is 10.2. The molecule has 2 amide bonds. The van der Waals surface area contributed by atoms with E-state index >= 15 is 0 Å². The minimum Gasteiger partial charge on any atom is -0.354 e. The molecule has 2 aromatic rings. The average Bonchev–Trinajstić information content (AvgIpc) is 3.11. The number of rotatable bonds is 5. The Morgan fingerprint density at radius 3 is 2.59 bits per heavy atom. The molecular weight excluding hydrogens is 387 g/mol. The van der Waals surface area contributed by atoms with Gasteiger partial charge in [-0.3, -0.25) is 9.59 Å². The van der Waals surface area contributed by atoms with Crippen LogP contribution in [0.3, 0.4) is 0 Å². The topological polar surface area (TPSA) is 49.4 Å². The lowest BCUT2D eigenvalue weighted by molar-refractivity contribution is -0.124. The third kappa shape index (κ3) is 4.28. The summed E-state index contributed by atoms with van der Waals surface area (Å²) >= 11 is 7.71. The molecule has 1 fully saturated rings. The van der Waals surface area contributed by atoms with Crippen LogP contribution in [0.5, 0.6) is 0 Å². The fraction of sp³-hybridized carbons (Fsp3) is 0.300. The van der Waals surface area contributed by atoms with Crippen molar-refractivity contribution in [3.63, 3.8) is 0 Å². The molecular formula is C20H20ClFN2O2S. The number of amides is 2. The van der Waals surface area contributed by atoms with Gasteiger partial charge in [-0.25, -0.2) is 4.39 Å². The molecule has 2 aromatic carbocycles. The summed E-state index contributed by atoms with van der Waals surface area (Å²) in [7, 11) is 0. The van der Waals surface area contributed by atoms with Crippen molar-refractivity contribution in [1.29, 1.82) is 0 Å². The Balaban J connectivity index is 1.96. The zero-order chi connectivity index (χ0) is 19.4. The molecule has 1 aliphatic rings. The first-order valence-electron chi connectivity index (χ1n) is 8.75. The molecule has 2 atom stereocenters. The number of carbonyl (C=O) groups is 2. The summed E-state index contributed by atoms with van der Waals surface area (Å²) in [5.74, 6) is -0.373. The second-order valence-electron chi connectivity index (χ2n) is 6.24. The Morgan fingerprint density at radius 2 is 1.93 bits per heavy atom. The SMILES string of the molecule is CCCNC(=O)[C@H]1CS[C@H](c2ccc(F)cc2)N1C(=O)c1ccccc1Cl. The van der Waals surface area contributed by atoms with E-state index in [1.807, 2.05) is 6.92 Å². The van der Waals surface area contributed by atoms with E-state index in [2.05, 4.69) is 5.32 Å². The molecule has 27 heavy (non-hydrogen) atoms. The molecule has 0 aliphatic carbocycles. The van der Waals surface area contributed by atoms with Crippen LogP contribution in [-0.4, -0.2) is 35.1 Å². The van der Waals surface area contributed by atoms with Crippen LogP contribution >= 0.6 is 23.4 Å². The van der Waals surface area contributed by atoms with E-state index in [4.69, 9.17) is 11.6 Å². The second kappa shape index (κ2) is 8.76. The van der Waals surface area contributed by atoms with Crippen molar-refractivity contribution in [3.05, 3.63) is 70.5 Å². The maximum Gasteiger partial charge on any atom is 0.257 e. The number of benzene rings is 2. The van der Waals surface area contributed by atoms with Crippen molar-refractivity contribution >= 4 is 35.2 Å². The normalized spacial score (nSPS) is 19.1. The van der Waals surface area contributed by atoms with Gasteiger partial charge in [-0.05, 0) is 36.2 Å². The monoisotopic (exact) mass is 406 g/mol. The third-order valence-electron chi connectivity index (χ3n) is 4.35. The zero-order valence-corrected chi connectivity index (χ0v) is 16.4. The van der Waals surface area contributed by atoms with Gasteiger partial charge in [0.05, 0.1) is 10.6 Å². The minimum absolute atomic E-state index is 0.186. The van der Waals surface area contributed by atoms with Crippen LogP contribution in [0.1, 0.15) is 34.6 Å². The van der Waals surface area contributed by atoms with E-state index in [0.29, 0.717) is 22.9 Å². The van der Waals surface area contributed by atoms with Crippen LogP contribution in [-0.2, 0) is 4.79 Å². The molecule has 0 spiro atoms. The van der Waals surface area contributed by atoms with Gasteiger partial charge in [0.25, 0.3) is 5.91 Å². The fourth-order valence-corrected chi connectivity index (χ4v) is 4.63. The molecule has 4 nitrogen and oxygen atoms in total. The number of halogens is 2. The van der Waals surface area contributed by atoms with Gasteiger partial charge in [0, 0.05) is 12.3 Å². The standard InChI is InChI=1S/C20H20ClFN2O2S/c1-2-11-23-18(25)17-12-27-20(13-7-9-14(22)10-8-13)24(17)19(26)15-5-3-4-6-16(15)21/h3-10,17,20H,2,11-12H2,1H3,(H,23,25)/t17-,20-/m1/s1. The summed E-state index contributed by atoms with van der Waals surface area (Å²) < 4.78 is 13.3. The van der Waals surface area contributed by atoms with E-state index in [9.17, 15) is 14.0 Å². The summed E-state index contributed by atoms with van der Waals surface area (Å²) in [5, 5.41) is 2.82. The highest BCUT2D eigenvalue weighted by Crippen LogP contribution is 2.42. The number of nitrogens with zero attached hydrogens (tertiary/aromatic N) is 1. The van der Waals surface area contributed by atoms with Gasteiger partial charge in [0.15, 0.2) is 0 Å². The number of thioether (sulfide) groups is 1.